The van der Waals surface area contributed by atoms with Gasteiger partial charge in [-0.05, 0) is 169 Å². The fraction of sp³-hybridized carbons (Fsp3) is 0.195. The molecule has 2 fully saturated rings. The van der Waals surface area contributed by atoms with Crippen molar-refractivity contribution in [3.8, 4) is 22.3 Å². The zero-order valence-corrected chi connectivity index (χ0v) is 49.4. The molecule has 4 nitrogen and oxygen atoms in total. The second kappa shape index (κ2) is 20.7. The Kier molecular flexibility index (Phi) is 12.3. The molecule has 0 atom stereocenters. The number of benzene rings is 11. The van der Waals surface area contributed by atoms with Gasteiger partial charge >= 0.3 is 0 Å². The highest BCUT2D eigenvalue weighted by atomic mass is 15.2. The molecule has 0 unspecified atom stereocenters. The summed E-state index contributed by atoms with van der Waals surface area (Å²) >= 11 is 0. The molecule has 0 N–H and O–H groups in total. The van der Waals surface area contributed by atoms with Crippen LogP contribution in [-0.2, 0) is 12.8 Å². The maximum atomic E-state index is 2.60. The molecule has 0 spiro atoms. The molecule has 4 aromatic heterocycles. The van der Waals surface area contributed by atoms with Crippen molar-refractivity contribution in [1.82, 2.24) is 8.80 Å². The molecule has 2 aliphatic carbocycles. The van der Waals surface area contributed by atoms with Crippen LogP contribution < -0.4 is 9.80 Å². The fourth-order valence-corrected chi connectivity index (χ4v) is 16.0. The van der Waals surface area contributed by atoms with E-state index in [-0.39, 0.29) is 0 Å². The molecule has 0 aliphatic heterocycles. The van der Waals surface area contributed by atoms with Gasteiger partial charge in [0.25, 0.3) is 0 Å². The summed E-state index contributed by atoms with van der Waals surface area (Å²) in [4.78, 5) is 5.16. The predicted molar refractivity (Wildman–Crippen MR) is 366 cm³/mol. The lowest BCUT2D eigenvalue weighted by Crippen LogP contribution is -2.12. The third kappa shape index (κ3) is 8.02. The molecule has 4 heteroatoms. The van der Waals surface area contributed by atoms with E-state index in [1.165, 1.54) is 219 Å². The molecule has 86 heavy (non-hydrogen) atoms. The van der Waals surface area contributed by atoms with E-state index in [4.69, 9.17) is 0 Å². The van der Waals surface area contributed by atoms with Gasteiger partial charge in [-0.2, -0.15) is 0 Å². The van der Waals surface area contributed by atoms with Crippen LogP contribution in [0, 0.1) is 0 Å². The van der Waals surface area contributed by atoms with Crippen LogP contribution in [0.25, 0.3) is 98.4 Å². The maximum absolute atomic E-state index is 2.60. The van der Waals surface area contributed by atoms with E-state index in [1.54, 1.807) is 0 Å². The minimum absolute atomic E-state index is 0.627. The third-order valence-electron chi connectivity index (χ3n) is 20.3. The number of hydrogen-bond donors (Lipinski definition) is 0. The molecule has 2 saturated carbocycles. The van der Waals surface area contributed by atoms with Crippen LogP contribution >= 0.6 is 0 Å². The highest BCUT2D eigenvalue weighted by Crippen LogP contribution is 2.53. The number of aryl methyl sites for hydroxylation is 2. The van der Waals surface area contributed by atoms with Crippen molar-refractivity contribution in [2.24, 2.45) is 0 Å². The molecule has 11 aromatic carbocycles. The third-order valence-corrected chi connectivity index (χ3v) is 20.3. The number of aromatic nitrogens is 2. The lowest BCUT2D eigenvalue weighted by Gasteiger charge is -2.30. The number of hydrogen-bond acceptors (Lipinski definition) is 2. The van der Waals surface area contributed by atoms with E-state index in [1.807, 2.05) is 0 Å². The van der Waals surface area contributed by atoms with Gasteiger partial charge in [-0.3, -0.25) is 0 Å². The van der Waals surface area contributed by atoms with Crippen molar-refractivity contribution >= 4 is 110 Å². The van der Waals surface area contributed by atoms with E-state index < -0.39 is 0 Å². The normalized spacial score (nSPS) is 14.6. The Morgan fingerprint density at radius 3 is 1.12 bits per heavy atom. The summed E-state index contributed by atoms with van der Waals surface area (Å²) in [5.74, 6) is 1.25. The van der Waals surface area contributed by atoms with Crippen molar-refractivity contribution in [2.75, 3.05) is 9.80 Å². The van der Waals surface area contributed by atoms with Crippen LogP contribution in [0.1, 0.15) is 112 Å². The molecule has 0 radical (unpaired) electrons. The standard InChI is InChI=1S/C82H70N4/c1-3-53-33-45-73(67(49-53)59-25-13-7-14-26-59)83(61-39-35-57(36-40-61)55-21-9-5-10-22-55)75-47-43-63-69-51-78-70(52-77(69)85-71-31-19-17-29-65(71)79(75)81(63)85)64-44-48-76(80-66-30-18-20-32-72(66)86(78)82(64)80)84(62-41-37-58(38-42-62)56-23-11-6-12-24-56)74-46-34-54(4-2)50-68(74)60-27-15-8-16-28-60/h7-8,13-20,25-52,55-56H,3-6,9-12,21-24H2,1-2H3. The Morgan fingerprint density at radius 1 is 0.326 bits per heavy atom. The molecule has 4 heterocycles. The molecule has 17 rings (SSSR count). The Hall–Kier alpha value is -9.38. The summed E-state index contributed by atoms with van der Waals surface area (Å²) in [5.41, 5.74) is 25.1. The van der Waals surface area contributed by atoms with Gasteiger partial charge in [-0.1, -0.05) is 198 Å². The minimum Gasteiger partial charge on any atom is -0.309 e. The number of fused-ring (bicyclic) bond motifs is 12. The van der Waals surface area contributed by atoms with Crippen molar-refractivity contribution in [1.29, 1.82) is 0 Å². The second-order valence-corrected chi connectivity index (χ2v) is 25.0. The van der Waals surface area contributed by atoms with Crippen molar-refractivity contribution in [2.45, 2.75) is 103 Å². The fourth-order valence-electron chi connectivity index (χ4n) is 16.0. The van der Waals surface area contributed by atoms with E-state index >= 15 is 0 Å². The molecule has 2 aliphatic rings. The number of para-hydroxylation sites is 2. The highest BCUT2D eigenvalue weighted by molar-refractivity contribution is 6.32. The number of nitrogens with zero attached hydrogens (tertiary/aromatic N) is 4. The highest BCUT2D eigenvalue weighted by Gasteiger charge is 2.30. The number of anilines is 6. The Morgan fingerprint density at radius 2 is 0.709 bits per heavy atom. The van der Waals surface area contributed by atoms with Crippen LogP contribution in [0.15, 0.2) is 231 Å². The largest absolute Gasteiger partial charge is 0.309 e. The van der Waals surface area contributed by atoms with E-state index in [9.17, 15) is 0 Å². The van der Waals surface area contributed by atoms with Crippen LogP contribution in [0.2, 0.25) is 0 Å². The summed E-state index contributed by atoms with van der Waals surface area (Å²) in [7, 11) is 0. The summed E-state index contributed by atoms with van der Waals surface area (Å²) in [6, 6.07) is 88.9. The van der Waals surface area contributed by atoms with Gasteiger partial charge in [0.05, 0.1) is 55.8 Å². The van der Waals surface area contributed by atoms with Crippen LogP contribution in [0.3, 0.4) is 0 Å². The first-order chi connectivity index (χ1) is 42.6. The Balaban J connectivity index is 0.902. The lowest BCUT2D eigenvalue weighted by molar-refractivity contribution is 0.443. The zero-order chi connectivity index (χ0) is 57.0. The van der Waals surface area contributed by atoms with Crippen LogP contribution in [0.4, 0.5) is 34.1 Å². The van der Waals surface area contributed by atoms with E-state index in [0.29, 0.717) is 11.8 Å². The molecule has 15 aromatic rings. The van der Waals surface area contributed by atoms with Crippen molar-refractivity contribution < 1.29 is 0 Å². The minimum atomic E-state index is 0.627. The Bertz CT molecular complexity index is 4700. The molecule has 0 amide bonds. The number of rotatable bonds is 12. The van der Waals surface area contributed by atoms with Gasteiger partial charge in [-0.25, -0.2) is 0 Å². The van der Waals surface area contributed by atoms with Gasteiger partial charge in [-0.15, -0.1) is 0 Å². The molecular formula is C82H70N4. The molecular weight excluding hydrogens is 1040 g/mol. The quantitative estimate of drug-likeness (QED) is 0.121. The lowest BCUT2D eigenvalue weighted by atomic mass is 9.84. The first-order valence-corrected chi connectivity index (χ1v) is 32.1. The van der Waals surface area contributed by atoms with Crippen LogP contribution in [0.5, 0.6) is 0 Å². The predicted octanol–water partition coefficient (Wildman–Crippen LogP) is 23.5. The molecule has 0 bridgehead atoms. The molecule has 0 saturated heterocycles. The SMILES string of the molecule is CCc1ccc(N(c2ccc(C3CCCCC3)cc2)c2ccc3c4cc5c(cc4n4c6ccccc6c2c34)c2ccc(N(c3ccc(C4CCCCC4)cc3)c3ccc(CC)cc3-c3ccccc3)c3c4ccccc4n5c23)c(-c2ccccc2)c1. The van der Waals surface area contributed by atoms with Gasteiger partial charge in [0, 0.05) is 65.6 Å². The van der Waals surface area contributed by atoms with Crippen molar-refractivity contribution in [3.05, 3.63) is 253 Å². The smallest absolute Gasteiger partial charge is 0.0641 e. The summed E-state index contributed by atoms with van der Waals surface area (Å²) in [6.45, 7) is 4.53. The van der Waals surface area contributed by atoms with E-state index in [0.717, 1.165) is 12.8 Å². The van der Waals surface area contributed by atoms with Crippen LogP contribution in [-0.4, -0.2) is 8.80 Å². The van der Waals surface area contributed by atoms with Gasteiger partial charge in [0.1, 0.15) is 0 Å². The summed E-state index contributed by atoms with van der Waals surface area (Å²) in [6.07, 6.45) is 15.0. The summed E-state index contributed by atoms with van der Waals surface area (Å²) in [5, 5.41) is 10.1. The van der Waals surface area contributed by atoms with Gasteiger partial charge in [0.2, 0.25) is 0 Å². The first kappa shape index (κ1) is 51.1. The molecule has 418 valence electrons. The maximum Gasteiger partial charge on any atom is 0.0641 e. The summed E-state index contributed by atoms with van der Waals surface area (Å²) < 4.78 is 5.20. The monoisotopic (exact) mass is 1110 g/mol. The average molecular weight is 1110 g/mol. The van der Waals surface area contributed by atoms with E-state index in [2.05, 4.69) is 263 Å². The Labute approximate surface area is 503 Å². The van der Waals surface area contributed by atoms with Gasteiger partial charge < -0.3 is 18.6 Å². The average Bonchev–Trinajstić information content (AvgIpc) is 1.56. The van der Waals surface area contributed by atoms with Crippen molar-refractivity contribution in [3.63, 3.8) is 0 Å². The zero-order valence-electron chi connectivity index (χ0n) is 49.4. The second-order valence-electron chi connectivity index (χ2n) is 25.0. The van der Waals surface area contributed by atoms with Gasteiger partial charge in [0.15, 0.2) is 0 Å². The topological polar surface area (TPSA) is 15.3 Å². The first-order valence-electron chi connectivity index (χ1n) is 32.1.